The number of nitrogens with zero attached hydrogens (tertiary/aromatic N) is 2. The Kier molecular flexibility index (Phi) is 3.56. The number of carbonyl (C=O) groups excluding carboxylic acids is 1. The summed E-state index contributed by atoms with van der Waals surface area (Å²) in [4.78, 5) is 24.7. The predicted molar refractivity (Wildman–Crippen MR) is 63.8 cm³/mol. The van der Waals surface area contributed by atoms with Gasteiger partial charge in [0.15, 0.2) is 0 Å². The lowest BCUT2D eigenvalue weighted by atomic mass is 10.0. The molecule has 2 heterocycles. The molecule has 0 saturated carbocycles. The lowest BCUT2D eigenvalue weighted by molar-refractivity contribution is 0.0779. The molecule has 0 aliphatic carbocycles. The SMILES string of the molecule is CCCC1CCN(C(=O)c2ccc(=O)[nH]n2)C1. The number of H-pyrrole nitrogens is 1. The average molecular weight is 235 g/mol. The van der Waals surface area contributed by atoms with Crippen molar-refractivity contribution < 1.29 is 4.79 Å². The molecule has 1 atom stereocenters. The number of hydrogen-bond acceptors (Lipinski definition) is 3. The van der Waals surface area contributed by atoms with E-state index in [0.29, 0.717) is 11.6 Å². The maximum Gasteiger partial charge on any atom is 0.274 e. The second-order valence-corrected chi connectivity index (χ2v) is 4.50. The maximum atomic E-state index is 12.0. The highest BCUT2D eigenvalue weighted by molar-refractivity contribution is 5.92. The van der Waals surface area contributed by atoms with Crippen molar-refractivity contribution >= 4 is 5.91 Å². The van der Waals surface area contributed by atoms with Crippen LogP contribution in [0, 0.1) is 5.92 Å². The fourth-order valence-corrected chi connectivity index (χ4v) is 2.29. The normalized spacial score (nSPS) is 19.6. The standard InChI is InChI=1S/C12H17N3O2/c1-2-3-9-6-7-15(8-9)12(17)10-4-5-11(16)14-13-10/h4-5,9H,2-3,6-8H2,1H3,(H,14,16). The molecule has 1 N–H and O–H groups in total. The number of amides is 1. The van der Waals surface area contributed by atoms with Gasteiger partial charge in [0.05, 0.1) is 0 Å². The number of rotatable bonds is 3. The lowest BCUT2D eigenvalue weighted by Crippen LogP contribution is -2.30. The van der Waals surface area contributed by atoms with Gasteiger partial charge in [0.1, 0.15) is 5.69 Å². The van der Waals surface area contributed by atoms with Gasteiger partial charge >= 0.3 is 0 Å². The zero-order chi connectivity index (χ0) is 12.3. The van der Waals surface area contributed by atoms with Crippen LogP contribution in [0.15, 0.2) is 16.9 Å². The third-order valence-electron chi connectivity index (χ3n) is 3.17. The zero-order valence-corrected chi connectivity index (χ0v) is 9.98. The molecule has 2 rings (SSSR count). The summed E-state index contributed by atoms with van der Waals surface area (Å²) in [6, 6.07) is 2.81. The maximum absolute atomic E-state index is 12.0. The smallest absolute Gasteiger partial charge is 0.274 e. The second kappa shape index (κ2) is 5.12. The van der Waals surface area contributed by atoms with Crippen molar-refractivity contribution in [1.82, 2.24) is 15.1 Å². The summed E-state index contributed by atoms with van der Waals surface area (Å²) in [7, 11) is 0. The third-order valence-corrected chi connectivity index (χ3v) is 3.17. The molecule has 1 aromatic rings. The van der Waals surface area contributed by atoms with Gasteiger partial charge in [0.25, 0.3) is 11.5 Å². The van der Waals surface area contributed by atoms with E-state index < -0.39 is 0 Å². The topological polar surface area (TPSA) is 66.1 Å². The fourth-order valence-electron chi connectivity index (χ4n) is 2.29. The minimum absolute atomic E-state index is 0.0835. The molecule has 1 amide bonds. The van der Waals surface area contributed by atoms with E-state index >= 15 is 0 Å². The number of carbonyl (C=O) groups is 1. The van der Waals surface area contributed by atoms with Crippen molar-refractivity contribution in [3.8, 4) is 0 Å². The third kappa shape index (κ3) is 2.72. The molecule has 1 aliphatic heterocycles. The molecule has 5 nitrogen and oxygen atoms in total. The Morgan fingerprint density at radius 2 is 2.41 bits per heavy atom. The van der Waals surface area contributed by atoms with Crippen LogP contribution < -0.4 is 5.56 Å². The van der Waals surface area contributed by atoms with E-state index in [1.165, 1.54) is 18.6 Å². The first kappa shape index (κ1) is 11.8. The van der Waals surface area contributed by atoms with Crippen LogP contribution in [0.5, 0.6) is 0 Å². The molecule has 1 unspecified atom stereocenters. The predicted octanol–water partition coefficient (Wildman–Crippen LogP) is 1.03. The molecule has 17 heavy (non-hydrogen) atoms. The Labute approximate surface area is 99.8 Å². The van der Waals surface area contributed by atoms with Gasteiger partial charge in [0, 0.05) is 19.2 Å². The molecule has 1 aromatic heterocycles. The molecule has 0 aromatic carbocycles. The number of aromatic amines is 1. The summed E-state index contributed by atoms with van der Waals surface area (Å²) >= 11 is 0. The molecule has 1 fully saturated rings. The summed E-state index contributed by atoms with van der Waals surface area (Å²) in [6.45, 7) is 3.77. The number of hydrogen-bond donors (Lipinski definition) is 1. The summed E-state index contributed by atoms with van der Waals surface area (Å²) in [5.41, 5.74) is 0.0357. The van der Waals surface area contributed by atoms with Gasteiger partial charge in [-0.15, -0.1) is 0 Å². The Morgan fingerprint density at radius 1 is 1.59 bits per heavy atom. The minimum Gasteiger partial charge on any atom is -0.337 e. The molecule has 1 aliphatic rings. The summed E-state index contributed by atoms with van der Waals surface area (Å²) in [5.74, 6) is 0.534. The van der Waals surface area contributed by atoms with Crippen LogP contribution in [-0.4, -0.2) is 34.1 Å². The van der Waals surface area contributed by atoms with Gasteiger partial charge in [-0.2, -0.15) is 5.10 Å². The molecule has 5 heteroatoms. The van der Waals surface area contributed by atoms with Crippen LogP contribution in [0.25, 0.3) is 0 Å². The van der Waals surface area contributed by atoms with Gasteiger partial charge in [0.2, 0.25) is 0 Å². The molecule has 1 saturated heterocycles. The van der Waals surface area contributed by atoms with Crippen LogP contribution in [0.2, 0.25) is 0 Å². The largest absolute Gasteiger partial charge is 0.337 e. The van der Waals surface area contributed by atoms with Gasteiger partial charge < -0.3 is 4.90 Å². The number of aromatic nitrogens is 2. The minimum atomic E-state index is -0.285. The van der Waals surface area contributed by atoms with Crippen LogP contribution in [-0.2, 0) is 0 Å². The van der Waals surface area contributed by atoms with Crippen molar-refractivity contribution in [3.05, 3.63) is 28.2 Å². The highest BCUT2D eigenvalue weighted by Gasteiger charge is 2.26. The quantitative estimate of drug-likeness (QED) is 0.851. The number of likely N-dealkylation sites (tertiary alicyclic amines) is 1. The van der Waals surface area contributed by atoms with E-state index in [1.807, 2.05) is 4.90 Å². The van der Waals surface area contributed by atoms with Crippen LogP contribution in [0.3, 0.4) is 0 Å². The van der Waals surface area contributed by atoms with Gasteiger partial charge in [-0.05, 0) is 24.8 Å². The van der Waals surface area contributed by atoms with Crippen molar-refractivity contribution in [1.29, 1.82) is 0 Å². The summed E-state index contributed by atoms with van der Waals surface area (Å²) < 4.78 is 0. The number of nitrogens with one attached hydrogen (secondary N) is 1. The Balaban J connectivity index is 2.02. The monoisotopic (exact) mass is 235 g/mol. The van der Waals surface area contributed by atoms with Crippen LogP contribution >= 0.6 is 0 Å². The van der Waals surface area contributed by atoms with E-state index in [4.69, 9.17) is 0 Å². The second-order valence-electron chi connectivity index (χ2n) is 4.50. The van der Waals surface area contributed by atoms with E-state index in [0.717, 1.165) is 25.9 Å². The molecule has 0 radical (unpaired) electrons. The van der Waals surface area contributed by atoms with Gasteiger partial charge in [-0.1, -0.05) is 13.3 Å². The fraction of sp³-hybridized carbons (Fsp3) is 0.583. The first-order valence-corrected chi connectivity index (χ1v) is 6.05. The molecule has 0 spiro atoms. The Bertz CT molecular complexity index is 435. The summed E-state index contributed by atoms with van der Waals surface area (Å²) in [6.07, 6.45) is 3.40. The molecular formula is C12H17N3O2. The lowest BCUT2D eigenvalue weighted by Gasteiger charge is -2.15. The van der Waals surface area contributed by atoms with Crippen molar-refractivity contribution in [2.75, 3.05) is 13.1 Å². The highest BCUT2D eigenvalue weighted by atomic mass is 16.2. The van der Waals surface area contributed by atoms with Gasteiger partial charge in [-0.3, -0.25) is 9.59 Å². The first-order chi connectivity index (χ1) is 8.20. The van der Waals surface area contributed by atoms with E-state index in [9.17, 15) is 9.59 Å². The summed E-state index contributed by atoms with van der Waals surface area (Å²) in [5, 5.41) is 6.05. The first-order valence-electron chi connectivity index (χ1n) is 6.05. The van der Waals surface area contributed by atoms with E-state index in [1.54, 1.807) is 0 Å². The molecule has 0 bridgehead atoms. The highest BCUT2D eigenvalue weighted by Crippen LogP contribution is 2.21. The zero-order valence-electron chi connectivity index (χ0n) is 9.98. The van der Waals surface area contributed by atoms with Crippen molar-refractivity contribution in [3.63, 3.8) is 0 Å². The van der Waals surface area contributed by atoms with E-state index in [2.05, 4.69) is 17.1 Å². The van der Waals surface area contributed by atoms with Crippen LogP contribution in [0.4, 0.5) is 0 Å². The molecule has 92 valence electrons. The average Bonchev–Trinajstić information content (AvgIpc) is 2.78. The van der Waals surface area contributed by atoms with Crippen molar-refractivity contribution in [2.45, 2.75) is 26.2 Å². The van der Waals surface area contributed by atoms with Crippen LogP contribution in [0.1, 0.15) is 36.7 Å². The van der Waals surface area contributed by atoms with Gasteiger partial charge in [-0.25, -0.2) is 5.10 Å². The molecular weight excluding hydrogens is 218 g/mol. The van der Waals surface area contributed by atoms with E-state index in [-0.39, 0.29) is 11.5 Å². The van der Waals surface area contributed by atoms with Crippen molar-refractivity contribution in [2.24, 2.45) is 5.92 Å². The Morgan fingerprint density at radius 3 is 3.06 bits per heavy atom. The Hall–Kier alpha value is -1.65.